The molecular weight excluding hydrogens is 767 g/mol. The number of thiophene rings is 2. The second kappa shape index (κ2) is 17.0. The first-order valence-corrected chi connectivity index (χ1v) is 22.0. The highest BCUT2D eigenvalue weighted by Crippen LogP contribution is 2.53. The molecule has 4 heterocycles. The first kappa shape index (κ1) is 41.1. The Labute approximate surface area is 348 Å². The third kappa shape index (κ3) is 7.64. The van der Waals surface area contributed by atoms with Gasteiger partial charge in [-0.1, -0.05) is 134 Å². The van der Waals surface area contributed by atoms with Crippen LogP contribution in [0.15, 0.2) is 102 Å². The number of benzene rings is 2. The quantitative estimate of drug-likeness (QED) is 0.0924. The number of unbranched alkanes of at least 4 members (excludes halogenated alkanes) is 6. The van der Waals surface area contributed by atoms with Crippen LogP contribution in [0.3, 0.4) is 0 Å². The second-order valence-electron chi connectivity index (χ2n) is 16.1. The van der Waals surface area contributed by atoms with E-state index in [1.807, 2.05) is 59.5 Å². The number of fused-ring (bicyclic) bond motifs is 1. The number of carbonyl (C=O) groups is 2. The normalized spacial score (nSPS) is 16.2. The number of nitrogens with zero attached hydrogens (tertiary/aromatic N) is 2. The molecule has 7 rings (SSSR count). The van der Waals surface area contributed by atoms with Gasteiger partial charge in [-0.2, -0.15) is 0 Å². The van der Waals surface area contributed by atoms with E-state index < -0.39 is 23.1 Å². The smallest absolute Gasteiger partial charge is 0.261 e. The van der Waals surface area contributed by atoms with E-state index in [1.165, 1.54) is 0 Å². The number of amides is 2. The molecule has 6 nitrogen and oxygen atoms in total. The molecule has 0 saturated heterocycles. The molecule has 300 valence electrons. The van der Waals surface area contributed by atoms with Crippen molar-refractivity contribution in [1.29, 1.82) is 10.8 Å². The second-order valence-corrected chi connectivity index (χ2v) is 18.2. The van der Waals surface area contributed by atoms with Crippen LogP contribution in [0.4, 0.5) is 8.78 Å². The van der Waals surface area contributed by atoms with Crippen LogP contribution in [0.5, 0.6) is 0 Å². The molecular formula is C48H50F2N4O2S2. The summed E-state index contributed by atoms with van der Waals surface area (Å²) in [4.78, 5) is 36.7. The molecule has 0 radical (unpaired) electrons. The lowest BCUT2D eigenvalue weighted by Crippen LogP contribution is -2.30. The number of allylic oxidation sites excluding steroid dienone is 4. The number of halogens is 2. The van der Waals surface area contributed by atoms with E-state index in [2.05, 4.69) is 52.8 Å². The third-order valence-electron chi connectivity index (χ3n) is 10.9. The van der Waals surface area contributed by atoms with Crippen LogP contribution in [0.1, 0.15) is 105 Å². The summed E-state index contributed by atoms with van der Waals surface area (Å²) in [7, 11) is 0. The summed E-state index contributed by atoms with van der Waals surface area (Å²) in [5.41, 5.74) is 3.81. The van der Waals surface area contributed by atoms with Gasteiger partial charge in [-0.25, -0.2) is 8.78 Å². The van der Waals surface area contributed by atoms with Crippen molar-refractivity contribution in [2.24, 2.45) is 0 Å². The zero-order chi connectivity index (χ0) is 41.3. The van der Waals surface area contributed by atoms with Crippen molar-refractivity contribution >= 4 is 62.9 Å². The third-order valence-corrected chi connectivity index (χ3v) is 13.6. The van der Waals surface area contributed by atoms with Gasteiger partial charge >= 0.3 is 0 Å². The van der Waals surface area contributed by atoms with Crippen molar-refractivity contribution in [3.63, 3.8) is 0 Å². The number of hydrogen-bond donors (Lipinski definition) is 2. The summed E-state index contributed by atoms with van der Waals surface area (Å²) in [6, 6.07) is 23.5. The predicted molar refractivity (Wildman–Crippen MR) is 236 cm³/mol. The number of nitrogens with one attached hydrogen (secondary N) is 2. The zero-order valence-corrected chi connectivity index (χ0v) is 35.5. The Hall–Kier alpha value is -5.06. The van der Waals surface area contributed by atoms with Crippen molar-refractivity contribution in [3.05, 3.63) is 121 Å². The molecule has 2 aromatic heterocycles. The summed E-state index contributed by atoms with van der Waals surface area (Å²) in [5, 5.41) is 17.0. The maximum absolute atomic E-state index is 15.9. The van der Waals surface area contributed by atoms with Gasteiger partial charge < -0.3 is 9.80 Å². The van der Waals surface area contributed by atoms with Gasteiger partial charge in [-0.15, -0.1) is 22.7 Å². The fourth-order valence-corrected chi connectivity index (χ4v) is 10.6. The fourth-order valence-electron chi connectivity index (χ4n) is 7.99. The van der Waals surface area contributed by atoms with E-state index in [1.54, 1.807) is 16.2 Å². The van der Waals surface area contributed by atoms with Gasteiger partial charge in [0.15, 0.2) is 11.7 Å². The van der Waals surface area contributed by atoms with Crippen LogP contribution in [0.25, 0.3) is 39.2 Å². The van der Waals surface area contributed by atoms with Gasteiger partial charge in [0.1, 0.15) is 0 Å². The summed E-state index contributed by atoms with van der Waals surface area (Å²) in [5.74, 6) is -2.89. The molecule has 2 aromatic carbocycles. The Bertz CT molecular complexity index is 2410. The van der Waals surface area contributed by atoms with Crippen LogP contribution in [0, 0.1) is 10.8 Å². The summed E-state index contributed by atoms with van der Waals surface area (Å²) in [6.07, 6.45) is 8.16. The van der Waals surface area contributed by atoms with Crippen LogP contribution in [0.2, 0.25) is 0 Å². The van der Waals surface area contributed by atoms with E-state index in [9.17, 15) is 0 Å². The molecule has 3 aliphatic rings. The minimum absolute atomic E-state index is 0.217. The minimum atomic E-state index is -1.21. The van der Waals surface area contributed by atoms with Crippen molar-refractivity contribution < 1.29 is 18.4 Å². The summed E-state index contributed by atoms with van der Waals surface area (Å²) >= 11 is 2.76. The average Bonchev–Trinajstić information content (AvgIpc) is 3.98. The molecule has 0 saturated carbocycles. The maximum Gasteiger partial charge on any atom is 0.261 e. The first-order valence-electron chi connectivity index (χ1n) is 20.3. The van der Waals surface area contributed by atoms with Crippen molar-refractivity contribution in [2.75, 3.05) is 13.1 Å². The number of hydrogen-bond acceptors (Lipinski definition) is 6. The lowest BCUT2D eigenvalue weighted by Gasteiger charge is -2.24. The molecule has 2 aliphatic heterocycles. The summed E-state index contributed by atoms with van der Waals surface area (Å²) in [6.45, 7) is 11.7. The fraction of sp³-hybridized carbons (Fsp3) is 0.333. The zero-order valence-electron chi connectivity index (χ0n) is 33.9. The van der Waals surface area contributed by atoms with E-state index in [0.717, 1.165) is 89.7 Å². The molecule has 10 heteroatoms. The number of carbonyl (C=O) groups excluding carboxylic acids is 2. The molecule has 0 unspecified atom stereocenters. The van der Waals surface area contributed by atoms with Gasteiger partial charge in [0.2, 0.25) is 0 Å². The van der Waals surface area contributed by atoms with Crippen molar-refractivity contribution in [3.8, 4) is 22.3 Å². The molecule has 0 fully saturated rings. The molecule has 4 aromatic rings. The maximum atomic E-state index is 15.9. The standard InChI is InChI=1S/C48H50F2N4O2S2/c1-6-8-10-18-24-53-42(35-26-31(29-20-14-12-15-21-29)44(57-35)39-40(50)33(49)28-34(51)41(39)52)37-38(47(53)56)43(54(46(37)55)25-19-11-9-7-2)36-27-32(30-22-16-13-17-23-30)45(58-36)48(3,4)5/h12-17,20-23,26-28,51-52H,6-11,18-19,24-25H2,1-5H3. The Kier molecular flexibility index (Phi) is 12.1. The summed E-state index contributed by atoms with van der Waals surface area (Å²) < 4.78 is 30.9. The topological polar surface area (TPSA) is 88.3 Å². The molecule has 0 bridgehead atoms. The van der Waals surface area contributed by atoms with E-state index in [-0.39, 0.29) is 27.7 Å². The Morgan fingerprint density at radius 3 is 1.62 bits per heavy atom. The molecule has 2 amide bonds. The lowest BCUT2D eigenvalue weighted by atomic mass is 9.89. The molecule has 58 heavy (non-hydrogen) atoms. The highest BCUT2D eigenvalue weighted by Gasteiger charge is 2.50. The molecule has 0 atom stereocenters. The van der Waals surface area contributed by atoms with E-state index in [0.29, 0.717) is 51.6 Å². The highest BCUT2D eigenvalue weighted by molar-refractivity contribution is 7.15. The minimum Gasteiger partial charge on any atom is -0.306 e. The van der Waals surface area contributed by atoms with Crippen LogP contribution >= 0.6 is 22.7 Å². The SMILES string of the molecule is CCCCCCN1C(=O)C2=C(c3cc(-c4ccccc4)c(C(C)(C)C)s3)N(CCCCCC)C(=O)C2=C1c1cc(-c2ccccc2)c(C2=C(F)C(F)=CC(=N)C2=N)s1. The lowest BCUT2D eigenvalue weighted by molar-refractivity contribution is -0.124. The van der Waals surface area contributed by atoms with E-state index in [4.69, 9.17) is 10.8 Å². The predicted octanol–water partition coefficient (Wildman–Crippen LogP) is 13.0. The van der Waals surface area contributed by atoms with Crippen LogP contribution in [-0.2, 0) is 15.0 Å². The van der Waals surface area contributed by atoms with Gasteiger partial charge in [-0.05, 0) is 47.1 Å². The molecule has 2 N–H and O–H groups in total. The highest BCUT2D eigenvalue weighted by atomic mass is 32.1. The number of rotatable bonds is 15. The average molecular weight is 817 g/mol. The Balaban J connectivity index is 1.49. The van der Waals surface area contributed by atoms with Gasteiger partial charge in [0.25, 0.3) is 11.8 Å². The Morgan fingerprint density at radius 2 is 1.12 bits per heavy atom. The molecule has 0 spiro atoms. The largest absolute Gasteiger partial charge is 0.306 e. The van der Waals surface area contributed by atoms with Crippen molar-refractivity contribution in [1.82, 2.24) is 9.80 Å². The first-order chi connectivity index (χ1) is 27.9. The van der Waals surface area contributed by atoms with E-state index >= 15 is 18.4 Å². The van der Waals surface area contributed by atoms with Gasteiger partial charge in [0, 0.05) is 34.5 Å². The van der Waals surface area contributed by atoms with Crippen LogP contribution in [-0.4, -0.2) is 46.1 Å². The van der Waals surface area contributed by atoms with Gasteiger partial charge in [0.05, 0.1) is 49.3 Å². The van der Waals surface area contributed by atoms with Gasteiger partial charge in [-0.3, -0.25) is 20.4 Å². The monoisotopic (exact) mass is 816 g/mol. The van der Waals surface area contributed by atoms with Crippen molar-refractivity contribution in [2.45, 2.75) is 91.4 Å². The Morgan fingerprint density at radius 1 is 0.638 bits per heavy atom. The molecule has 1 aliphatic carbocycles. The van der Waals surface area contributed by atoms with Crippen LogP contribution < -0.4 is 0 Å².